The lowest BCUT2D eigenvalue weighted by Crippen LogP contribution is -2.40. The number of benzene rings is 1. The van der Waals surface area contributed by atoms with E-state index in [4.69, 9.17) is 0 Å². The molecule has 0 radical (unpaired) electrons. The second kappa shape index (κ2) is 8.79. The smallest absolute Gasteiger partial charge is 0.272 e. The Morgan fingerprint density at radius 1 is 1.19 bits per heavy atom. The maximum absolute atomic E-state index is 13.0. The van der Waals surface area contributed by atoms with E-state index in [1.54, 1.807) is 12.3 Å². The summed E-state index contributed by atoms with van der Waals surface area (Å²) in [5.41, 5.74) is 1.60. The van der Waals surface area contributed by atoms with Crippen LogP contribution in [-0.4, -0.2) is 39.9 Å². The van der Waals surface area contributed by atoms with Gasteiger partial charge in [-0.05, 0) is 44.2 Å². The third kappa shape index (κ3) is 4.21. The van der Waals surface area contributed by atoms with Gasteiger partial charge in [0.25, 0.3) is 5.91 Å². The fourth-order valence-electron chi connectivity index (χ4n) is 3.59. The molecule has 0 N–H and O–H groups in total. The Bertz CT molecular complexity index is 719. The third-order valence-corrected chi connectivity index (χ3v) is 5.10. The zero-order valence-electron chi connectivity index (χ0n) is 15.8. The largest absolute Gasteiger partial charge is 0.338 e. The minimum atomic E-state index is -0.0370. The lowest BCUT2D eigenvalue weighted by atomic mass is 10.0. The number of hydrogen-bond acceptors (Lipinski definition) is 4. The Hall–Kier alpha value is -2.43. The Morgan fingerprint density at radius 3 is 2.73 bits per heavy atom. The highest BCUT2D eigenvalue weighted by Crippen LogP contribution is 2.23. The van der Waals surface area contributed by atoms with Crippen molar-refractivity contribution >= 4 is 11.9 Å². The van der Waals surface area contributed by atoms with Crippen molar-refractivity contribution in [1.82, 2.24) is 14.9 Å². The summed E-state index contributed by atoms with van der Waals surface area (Å²) in [5.74, 6) is 0.656. The van der Waals surface area contributed by atoms with Gasteiger partial charge in [0.15, 0.2) is 0 Å². The van der Waals surface area contributed by atoms with Crippen LogP contribution in [0, 0.1) is 0 Å². The van der Waals surface area contributed by atoms with Gasteiger partial charge < -0.3 is 9.80 Å². The van der Waals surface area contributed by atoms with Gasteiger partial charge in [0, 0.05) is 31.9 Å². The number of carbonyl (C=O) groups excluding carboxylic acids is 1. The molecule has 1 saturated heterocycles. The molecule has 1 amide bonds. The van der Waals surface area contributed by atoms with Gasteiger partial charge in [-0.2, -0.15) is 0 Å². The van der Waals surface area contributed by atoms with E-state index in [0.29, 0.717) is 30.8 Å². The molecule has 1 aliphatic rings. The van der Waals surface area contributed by atoms with Gasteiger partial charge in [0.2, 0.25) is 5.95 Å². The number of amides is 1. The lowest BCUT2D eigenvalue weighted by molar-refractivity contribution is 0.0746. The maximum Gasteiger partial charge on any atom is 0.272 e. The number of piperidine rings is 1. The van der Waals surface area contributed by atoms with E-state index in [9.17, 15) is 4.79 Å². The summed E-state index contributed by atoms with van der Waals surface area (Å²) in [4.78, 5) is 26.2. The van der Waals surface area contributed by atoms with Crippen LogP contribution in [0.2, 0.25) is 0 Å². The first-order valence-corrected chi connectivity index (χ1v) is 9.65. The van der Waals surface area contributed by atoms with Crippen LogP contribution in [-0.2, 0) is 6.54 Å². The summed E-state index contributed by atoms with van der Waals surface area (Å²) in [6, 6.07) is 12.3. The Labute approximate surface area is 156 Å². The second-order valence-electron chi connectivity index (χ2n) is 6.80. The van der Waals surface area contributed by atoms with Gasteiger partial charge in [-0.25, -0.2) is 9.97 Å². The van der Waals surface area contributed by atoms with Crippen LogP contribution in [0.3, 0.4) is 0 Å². The molecule has 2 aromatic rings. The fraction of sp³-hybridized carbons (Fsp3) is 0.476. The van der Waals surface area contributed by atoms with E-state index in [1.165, 1.54) is 12.8 Å². The lowest BCUT2D eigenvalue weighted by Gasteiger charge is -2.35. The van der Waals surface area contributed by atoms with Gasteiger partial charge in [-0.15, -0.1) is 0 Å². The summed E-state index contributed by atoms with van der Waals surface area (Å²) in [7, 11) is 0. The monoisotopic (exact) mass is 352 g/mol. The molecule has 0 saturated carbocycles. The summed E-state index contributed by atoms with van der Waals surface area (Å²) in [5, 5.41) is 0. The maximum atomic E-state index is 13.0. The third-order valence-electron chi connectivity index (χ3n) is 5.10. The summed E-state index contributed by atoms with van der Waals surface area (Å²) in [6.45, 7) is 6.42. The van der Waals surface area contributed by atoms with Crippen LogP contribution in [0.5, 0.6) is 0 Å². The van der Waals surface area contributed by atoms with Crippen molar-refractivity contribution in [3.63, 3.8) is 0 Å². The van der Waals surface area contributed by atoms with Gasteiger partial charge in [0.1, 0.15) is 5.69 Å². The minimum absolute atomic E-state index is 0.0370. The fourth-order valence-corrected chi connectivity index (χ4v) is 3.59. The Kier molecular flexibility index (Phi) is 6.21. The molecule has 1 fully saturated rings. The topological polar surface area (TPSA) is 49.3 Å². The van der Waals surface area contributed by atoms with E-state index in [-0.39, 0.29) is 5.91 Å². The van der Waals surface area contributed by atoms with Crippen molar-refractivity contribution in [1.29, 1.82) is 0 Å². The molecule has 1 aromatic heterocycles. The highest BCUT2D eigenvalue weighted by atomic mass is 16.2. The molecule has 3 rings (SSSR count). The molecule has 138 valence electrons. The summed E-state index contributed by atoms with van der Waals surface area (Å²) >= 11 is 0. The molecule has 0 aliphatic carbocycles. The first-order valence-electron chi connectivity index (χ1n) is 9.65. The Balaban J connectivity index is 1.78. The zero-order valence-corrected chi connectivity index (χ0v) is 15.8. The van der Waals surface area contributed by atoms with Crippen molar-refractivity contribution in [2.45, 2.75) is 52.1 Å². The predicted molar refractivity (Wildman–Crippen MR) is 104 cm³/mol. The zero-order chi connectivity index (χ0) is 18.4. The molecule has 26 heavy (non-hydrogen) atoms. The normalized spacial score (nSPS) is 17.2. The first kappa shape index (κ1) is 18.4. The Morgan fingerprint density at radius 2 is 2.00 bits per heavy atom. The van der Waals surface area contributed by atoms with Gasteiger partial charge in [0.05, 0.1) is 0 Å². The summed E-state index contributed by atoms with van der Waals surface area (Å²) < 4.78 is 0. The summed E-state index contributed by atoms with van der Waals surface area (Å²) in [6.07, 6.45) is 6.39. The number of carbonyl (C=O) groups is 1. The number of aromatic nitrogens is 2. The first-order chi connectivity index (χ1) is 12.7. The second-order valence-corrected chi connectivity index (χ2v) is 6.80. The van der Waals surface area contributed by atoms with Crippen molar-refractivity contribution < 1.29 is 4.79 Å². The van der Waals surface area contributed by atoms with Crippen molar-refractivity contribution in [2.24, 2.45) is 0 Å². The van der Waals surface area contributed by atoms with Crippen molar-refractivity contribution in [2.75, 3.05) is 18.0 Å². The van der Waals surface area contributed by atoms with Crippen LogP contribution in [0.4, 0.5) is 5.95 Å². The molecule has 1 aliphatic heterocycles. The van der Waals surface area contributed by atoms with E-state index >= 15 is 0 Å². The molecule has 2 heterocycles. The van der Waals surface area contributed by atoms with E-state index in [0.717, 1.165) is 24.9 Å². The standard InChI is InChI=1S/C21H28N4O/c1-3-18-12-8-9-15-25(18)21-22-14-13-19(23-21)20(26)24(4-2)16-17-10-6-5-7-11-17/h5-7,10-11,13-14,18H,3-4,8-9,12,15-16H2,1-2H3. The van der Waals surface area contributed by atoms with Crippen LogP contribution in [0.1, 0.15) is 55.6 Å². The van der Waals surface area contributed by atoms with Gasteiger partial charge in [-0.1, -0.05) is 37.3 Å². The highest BCUT2D eigenvalue weighted by Gasteiger charge is 2.24. The van der Waals surface area contributed by atoms with Crippen molar-refractivity contribution in [3.05, 3.63) is 53.9 Å². The SMILES string of the molecule is CCC1CCCCN1c1nccc(C(=O)N(CC)Cc2ccccc2)n1. The van der Waals surface area contributed by atoms with Crippen molar-refractivity contribution in [3.8, 4) is 0 Å². The van der Waals surface area contributed by atoms with Crippen LogP contribution < -0.4 is 4.90 Å². The van der Waals surface area contributed by atoms with E-state index in [1.807, 2.05) is 42.2 Å². The van der Waals surface area contributed by atoms with Crippen LogP contribution in [0.15, 0.2) is 42.6 Å². The minimum Gasteiger partial charge on any atom is -0.338 e. The molecule has 0 spiro atoms. The van der Waals surface area contributed by atoms with Gasteiger partial charge >= 0.3 is 0 Å². The number of rotatable bonds is 6. The molecular formula is C21H28N4O. The predicted octanol–water partition coefficient (Wildman–Crippen LogP) is 3.91. The average Bonchev–Trinajstić information content (AvgIpc) is 2.72. The number of anilines is 1. The molecular weight excluding hydrogens is 324 g/mol. The van der Waals surface area contributed by atoms with E-state index in [2.05, 4.69) is 21.8 Å². The van der Waals surface area contributed by atoms with Crippen LogP contribution in [0.25, 0.3) is 0 Å². The molecule has 5 nitrogen and oxygen atoms in total. The molecule has 1 unspecified atom stereocenters. The molecule has 1 atom stereocenters. The van der Waals surface area contributed by atoms with E-state index < -0.39 is 0 Å². The van der Waals surface area contributed by atoms with Gasteiger partial charge in [-0.3, -0.25) is 4.79 Å². The van der Waals surface area contributed by atoms with Crippen LogP contribution >= 0.6 is 0 Å². The molecule has 1 aromatic carbocycles. The number of nitrogens with zero attached hydrogens (tertiary/aromatic N) is 4. The average molecular weight is 352 g/mol. The number of hydrogen-bond donors (Lipinski definition) is 0. The molecule has 0 bridgehead atoms. The molecule has 5 heteroatoms. The quantitative estimate of drug-likeness (QED) is 0.791. The highest BCUT2D eigenvalue weighted by molar-refractivity contribution is 5.92.